The molecule has 130 valence electrons. The van der Waals surface area contributed by atoms with Crippen LogP contribution in [-0.4, -0.2) is 31.8 Å². The first-order chi connectivity index (χ1) is 12.8. The summed E-state index contributed by atoms with van der Waals surface area (Å²) in [5.74, 6) is 1.79. The van der Waals surface area contributed by atoms with Crippen molar-refractivity contribution < 1.29 is 4.74 Å². The molecule has 0 radical (unpaired) electrons. The van der Waals surface area contributed by atoms with Gasteiger partial charge in [0, 0.05) is 0 Å². The van der Waals surface area contributed by atoms with Gasteiger partial charge < -0.3 is 9.72 Å². The minimum Gasteiger partial charge on any atom is -0.495 e. The van der Waals surface area contributed by atoms with E-state index in [2.05, 4.69) is 20.2 Å². The largest absolute Gasteiger partial charge is 0.495 e. The van der Waals surface area contributed by atoms with Gasteiger partial charge in [-0.05, 0) is 24.3 Å². The Bertz CT molecular complexity index is 1120. The second kappa shape index (κ2) is 7.01. The third-order valence-electron chi connectivity index (χ3n) is 3.86. The molecule has 8 heteroatoms. The Balaban J connectivity index is 1.62. The van der Waals surface area contributed by atoms with Crippen LogP contribution in [0, 0.1) is 0 Å². The first kappa shape index (κ1) is 16.3. The highest BCUT2D eigenvalue weighted by Crippen LogP contribution is 2.27. The van der Waals surface area contributed by atoms with Gasteiger partial charge in [-0.25, -0.2) is 4.98 Å². The molecule has 0 bridgehead atoms. The molecule has 0 atom stereocenters. The number of fused-ring (bicyclic) bond motifs is 1. The topological polar surface area (TPSA) is 85.7 Å². The van der Waals surface area contributed by atoms with Gasteiger partial charge in [0.1, 0.15) is 17.9 Å². The number of rotatable bonds is 5. The smallest absolute Gasteiger partial charge is 0.258 e. The summed E-state index contributed by atoms with van der Waals surface area (Å²) in [5, 5.41) is 9.43. The molecule has 0 amide bonds. The molecular weight excluding hydrogens is 350 g/mol. The number of para-hydroxylation sites is 3. The molecule has 2 aromatic carbocycles. The predicted octanol–water partition coefficient (Wildman–Crippen LogP) is 2.80. The number of nitrogens with one attached hydrogen (secondary N) is 1. The zero-order valence-corrected chi connectivity index (χ0v) is 14.7. The van der Waals surface area contributed by atoms with E-state index in [-0.39, 0.29) is 5.56 Å². The van der Waals surface area contributed by atoms with Gasteiger partial charge in [-0.1, -0.05) is 36.0 Å². The lowest BCUT2D eigenvalue weighted by molar-refractivity contribution is 0.412. The molecule has 0 aliphatic heterocycles. The molecule has 4 aromatic rings. The monoisotopic (exact) mass is 365 g/mol. The first-order valence-corrected chi connectivity index (χ1v) is 8.89. The molecule has 2 heterocycles. The van der Waals surface area contributed by atoms with Gasteiger partial charge >= 0.3 is 0 Å². The highest BCUT2D eigenvalue weighted by atomic mass is 32.2. The third kappa shape index (κ3) is 3.06. The summed E-state index contributed by atoms with van der Waals surface area (Å²) >= 11 is 1.44. The van der Waals surface area contributed by atoms with E-state index >= 15 is 0 Å². The van der Waals surface area contributed by atoms with E-state index in [1.807, 2.05) is 47.0 Å². The molecular formula is C18H15N5O2S. The minimum absolute atomic E-state index is 0.141. The SMILES string of the molecule is COc1ccccc1-n1cnnc1SCc1nc2ccccc2c(=O)[nH]1. The number of thioether (sulfide) groups is 1. The summed E-state index contributed by atoms with van der Waals surface area (Å²) in [4.78, 5) is 19.5. The van der Waals surface area contributed by atoms with E-state index in [4.69, 9.17) is 4.74 Å². The van der Waals surface area contributed by atoms with E-state index in [0.29, 0.717) is 27.6 Å². The minimum atomic E-state index is -0.141. The van der Waals surface area contributed by atoms with Crippen LogP contribution in [0.25, 0.3) is 16.6 Å². The maximum absolute atomic E-state index is 12.2. The number of ether oxygens (including phenoxy) is 1. The highest BCUT2D eigenvalue weighted by molar-refractivity contribution is 7.98. The lowest BCUT2D eigenvalue weighted by atomic mass is 10.2. The average molecular weight is 365 g/mol. The van der Waals surface area contributed by atoms with Crippen molar-refractivity contribution in [2.24, 2.45) is 0 Å². The van der Waals surface area contributed by atoms with Crippen molar-refractivity contribution >= 4 is 22.7 Å². The number of methoxy groups -OCH3 is 1. The Morgan fingerprint density at radius 2 is 1.96 bits per heavy atom. The molecule has 4 rings (SSSR count). The normalized spacial score (nSPS) is 11.0. The molecule has 0 spiro atoms. The van der Waals surface area contributed by atoms with Crippen LogP contribution >= 0.6 is 11.8 Å². The lowest BCUT2D eigenvalue weighted by Crippen LogP contribution is -2.11. The fraction of sp³-hybridized carbons (Fsp3) is 0.111. The van der Waals surface area contributed by atoms with Gasteiger partial charge in [0.25, 0.3) is 5.56 Å². The number of hydrogen-bond acceptors (Lipinski definition) is 6. The molecule has 0 saturated carbocycles. The summed E-state index contributed by atoms with van der Waals surface area (Å²) in [6.07, 6.45) is 1.64. The summed E-state index contributed by atoms with van der Waals surface area (Å²) in [7, 11) is 1.62. The van der Waals surface area contributed by atoms with Gasteiger partial charge in [-0.2, -0.15) is 0 Å². The molecule has 26 heavy (non-hydrogen) atoms. The second-order valence-electron chi connectivity index (χ2n) is 5.47. The summed E-state index contributed by atoms with van der Waals surface area (Å²) in [5.41, 5.74) is 1.39. The lowest BCUT2D eigenvalue weighted by Gasteiger charge is -2.10. The van der Waals surface area contributed by atoms with Crippen LogP contribution in [0.3, 0.4) is 0 Å². The molecule has 1 N–H and O–H groups in total. The molecule has 2 aromatic heterocycles. The number of nitrogens with zero attached hydrogens (tertiary/aromatic N) is 4. The van der Waals surface area contributed by atoms with Crippen LogP contribution in [0.4, 0.5) is 0 Å². The van der Waals surface area contributed by atoms with Crippen molar-refractivity contribution in [3.8, 4) is 11.4 Å². The van der Waals surface area contributed by atoms with Crippen LogP contribution in [-0.2, 0) is 5.75 Å². The molecule has 7 nitrogen and oxygen atoms in total. The van der Waals surface area contributed by atoms with Crippen molar-refractivity contribution in [2.75, 3.05) is 7.11 Å². The van der Waals surface area contributed by atoms with Gasteiger partial charge in [0.05, 0.1) is 29.5 Å². The fourth-order valence-electron chi connectivity index (χ4n) is 2.65. The Labute approximate surface area is 153 Å². The van der Waals surface area contributed by atoms with Crippen molar-refractivity contribution in [2.45, 2.75) is 10.9 Å². The predicted molar refractivity (Wildman–Crippen MR) is 99.8 cm³/mol. The Hall–Kier alpha value is -3.13. The number of benzene rings is 2. The van der Waals surface area contributed by atoms with Crippen molar-refractivity contribution in [3.05, 3.63) is 71.0 Å². The molecule has 0 aliphatic carbocycles. The van der Waals surface area contributed by atoms with E-state index in [1.165, 1.54) is 11.8 Å². The standard InChI is InChI=1S/C18H15N5O2S/c1-25-15-9-5-4-8-14(15)23-11-19-22-18(23)26-10-16-20-13-7-3-2-6-12(13)17(24)21-16/h2-9,11H,10H2,1H3,(H,20,21,24). The van der Waals surface area contributed by atoms with Crippen LogP contribution in [0.1, 0.15) is 5.82 Å². The highest BCUT2D eigenvalue weighted by Gasteiger charge is 2.12. The Morgan fingerprint density at radius 1 is 1.15 bits per heavy atom. The second-order valence-corrected chi connectivity index (χ2v) is 6.42. The number of H-pyrrole nitrogens is 1. The van der Waals surface area contributed by atoms with Gasteiger partial charge in [-0.15, -0.1) is 10.2 Å². The maximum Gasteiger partial charge on any atom is 0.258 e. The van der Waals surface area contributed by atoms with E-state index < -0.39 is 0 Å². The third-order valence-corrected chi connectivity index (χ3v) is 4.82. The van der Waals surface area contributed by atoms with Gasteiger partial charge in [0.15, 0.2) is 5.16 Å². The Kier molecular flexibility index (Phi) is 4.40. The van der Waals surface area contributed by atoms with Crippen LogP contribution < -0.4 is 10.3 Å². The first-order valence-electron chi connectivity index (χ1n) is 7.90. The summed E-state index contributed by atoms with van der Waals surface area (Å²) in [6.45, 7) is 0. The molecule has 0 unspecified atom stereocenters. The number of hydrogen-bond donors (Lipinski definition) is 1. The summed E-state index contributed by atoms with van der Waals surface area (Å²) < 4.78 is 7.26. The van der Waals surface area contributed by atoms with E-state index in [9.17, 15) is 4.79 Å². The number of aromatic nitrogens is 5. The maximum atomic E-state index is 12.2. The Morgan fingerprint density at radius 3 is 2.85 bits per heavy atom. The van der Waals surface area contributed by atoms with Gasteiger partial charge in [0.2, 0.25) is 0 Å². The van der Waals surface area contributed by atoms with E-state index in [1.54, 1.807) is 19.5 Å². The van der Waals surface area contributed by atoms with Gasteiger partial charge in [-0.3, -0.25) is 9.36 Å². The molecule has 0 fully saturated rings. The zero-order valence-electron chi connectivity index (χ0n) is 13.9. The zero-order chi connectivity index (χ0) is 17.9. The summed E-state index contributed by atoms with van der Waals surface area (Å²) in [6, 6.07) is 14.9. The fourth-order valence-corrected chi connectivity index (χ4v) is 3.44. The van der Waals surface area contributed by atoms with Crippen molar-refractivity contribution in [1.82, 2.24) is 24.7 Å². The van der Waals surface area contributed by atoms with Crippen LogP contribution in [0.15, 0.2) is 64.8 Å². The number of aromatic amines is 1. The quantitative estimate of drug-likeness (QED) is 0.547. The van der Waals surface area contributed by atoms with Crippen molar-refractivity contribution in [3.63, 3.8) is 0 Å². The van der Waals surface area contributed by atoms with E-state index in [0.717, 1.165) is 11.4 Å². The van der Waals surface area contributed by atoms with Crippen molar-refractivity contribution in [1.29, 1.82) is 0 Å². The van der Waals surface area contributed by atoms with Crippen LogP contribution in [0.2, 0.25) is 0 Å². The molecule has 0 saturated heterocycles. The molecule has 0 aliphatic rings. The average Bonchev–Trinajstić information content (AvgIpc) is 3.15. The van der Waals surface area contributed by atoms with Crippen LogP contribution in [0.5, 0.6) is 5.75 Å².